The Balaban J connectivity index is 0.000000389. The molecule has 0 radical (unpaired) electrons. The summed E-state index contributed by atoms with van der Waals surface area (Å²) in [6.07, 6.45) is 44.2. The number of quaternary nitrogens is 4. The van der Waals surface area contributed by atoms with Crippen LogP contribution in [0.4, 0.5) is 0 Å². The molecule has 2 aliphatic rings. The van der Waals surface area contributed by atoms with Crippen molar-refractivity contribution in [1.29, 1.82) is 0 Å². The third kappa shape index (κ3) is 34.8. The first-order valence-electron chi connectivity index (χ1n) is 47.7. The van der Waals surface area contributed by atoms with Crippen molar-refractivity contribution >= 4 is 84.6 Å². The minimum absolute atomic E-state index is 0. The molecule has 29 heteroatoms. The molecule has 7 aromatic rings. The Kier molecular flexibility index (Phi) is 50.0. The van der Waals surface area contributed by atoms with Crippen molar-refractivity contribution in [2.75, 3.05) is 105 Å². The molecular weight excluding hydrogens is 1700 g/mol. The number of aromatic nitrogens is 8. The van der Waals surface area contributed by atoms with Gasteiger partial charge in [0.15, 0.2) is 0 Å². The largest absolute Gasteiger partial charge is 2.00 e. The molecule has 125 heavy (non-hydrogen) atoms. The SMILES string of the molecule is CCCC[N+](CCCC)(CCCC)CCCC.CCCC[N+](CCCC)(CCCC)CCCC.CCCC[N+](CCCC)(CCCC)CCCC.CCCC[N+](CCCC)(CCCC)CCCC.O=S(=O)([O-])c1ccc2c(c1)-c1nc-2nc2[n-]c(nc3nc(nc4[n-]c(n1)c1ccc(S(=O)(=O)[O-])cc41)-c1cc(S(=O)(=O)[O-])ccc1-3)c1cc(S(=O)(=O)[O-])ccc21.[Ni+2]. The maximum atomic E-state index is 12.1. The molecule has 0 N–H and O–H groups in total. The maximum absolute atomic E-state index is 12.1. The van der Waals surface area contributed by atoms with Gasteiger partial charge in [0.1, 0.15) is 40.5 Å². The minimum atomic E-state index is -5.04. The van der Waals surface area contributed by atoms with Crippen LogP contribution in [0.15, 0.2) is 92.4 Å². The number of hydrogen-bond donors (Lipinski definition) is 0. The number of nitrogens with zero attached hydrogens (tertiary/aromatic N) is 12. The summed E-state index contributed by atoms with van der Waals surface area (Å²) in [5.74, 6) is -0.882. The van der Waals surface area contributed by atoms with Gasteiger partial charge >= 0.3 is 16.5 Å². The molecule has 0 fully saturated rings. The summed E-state index contributed by atoms with van der Waals surface area (Å²) < 4.78 is 150. The third-order valence-electron chi connectivity index (χ3n) is 24.5. The van der Waals surface area contributed by atoms with Gasteiger partial charge in [-0.05, 0) is 173 Å². The fourth-order valence-electron chi connectivity index (χ4n) is 16.8. The summed E-state index contributed by atoms with van der Waals surface area (Å²) in [6.45, 7) is 60.1. The molecule has 0 saturated heterocycles. The van der Waals surface area contributed by atoms with Crippen molar-refractivity contribution in [2.24, 2.45) is 0 Å². The molecule has 4 aromatic carbocycles. The first-order valence-corrected chi connectivity index (χ1v) is 53.4. The molecule has 0 amide bonds. The molecule has 0 atom stereocenters. The van der Waals surface area contributed by atoms with E-state index in [1.165, 1.54) is 352 Å². The van der Waals surface area contributed by atoms with E-state index in [9.17, 15) is 51.9 Å². The van der Waals surface area contributed by atoms with Gasteiger partial charge in [0.2, 0.25) is 0 Å². The Labute approximate surface area is 764 Å². The van der Waals surface area contributed by atoms with Crippen LogP contribution in [-0.2, 0) is 57.0 Å². The molecule has 9 rings (SSSR count). The van der Waals surface area contributed by atoms with Crippen molar-refractivity contribution < 1.29 is 86.3 Å². The van der Waals surface area contributed by atoms with Gasteiger partial charge in [-0.1, -0.05) is 238 Å². The molecule has 0 unspecified atom stereocenters. The van der Waals surface area contributed by atoms with Gasteiger partial charge in [-0.15, -0.1) is 0 Å². The fourth-order valence-corrected chi connectivity index (χ4v) is 18.8. The standard InChI is InChI=1S/C32H16N8O12S4.4C16H36N.Ni/c41-53(42,43)13-1-5-17-21(9-13)29-34-25(17)33-26-18-6-2-14(54(44,45)46)10-22(18)30(35-26)37-28-20-8-4-16(56(50,51)52)12-24(20)32(39-28)40-31-23-11-15(55(47,48)49)3-7-19(23)27(36-29)38-31;4*1-5-9-13-17(14-10-6-2,15-11-7-3)16-12-8-4;/h1-12H,(H4-2,33,34,35,36,37,38,39,40,41,42,43,44,45,46,47,48,49,50,51,52);4*5-16H2,1-4H3;/q-2;4*+1;+2/p-4. The Morgan fingerprint density at radius 2 is 0.384 bits per heavy atom. The van der Waals surface area contributed by atoms with E-state index in [1.807, 2.05) is 0 Å². The van der Waals surface area contributed by atoms with E-state index in [1.54, 1.807) is 0 Å². The van der Waals surface area contributed by atoms with E-state index in [0.717, 1.165) is 48.5 Å². The molecule has 24 nitrogen and oxygen atoms in total. The van der Waals surface area contributed by atoms with Crippen LogP contribution in [0.5, 0.6) is 0 Å². The Morgan fingerprint density at radius 3 is 0.560 bits per heavy atom. The predicted molar refractivity (Wildman–Crippen MR) is 503 cm³/mol. The van der Waals surface area contributed by atoms with E-state index in [0.29, 0.717) is 0 Å². The van der Waals surface area contributed by atoms with Crippen LogP contribution < -0.4 is 9.97 Å². The zero-order valence-corrected chi connectivity index (χ0v) is 83.3. The molecule has 2 aliphatic heterocycles. The first kappa shape index (κ1) is 112. The van der Waals surface area contributed by atoms with Crippen LogP contribution >= 0.6 is 0 Å². The van der Waals surface area contributed by atoms with Crippen molar-refractivity contribution in [3.8, 4) is 45.6 Å². The van der Waals surface area contributed by atoms with Crippen molar-refractivity contribution in [2.45, 2.75) is 336 Å². The predicted octanol–water partition coefficient (Wildman–Crippen LogP) is 21.8. The van der Waals surface area contributed by atoms with Gasteiger partial charge < -0.3 is 66.0 Å². The first-order chi connectivity index (χ1) is 59.2. The number of hydrogen-bond acceptors (Lipinski definition) is 18. The zero-order chi connectivity index (χ0) is 91.6. The topological polar surface area (TPSA) is 334 Å². The van der Waals surface area contributed by atoms with Gasteiger partial charge in [0, 0.05) is 44.8 Å². The van der Waals surface area contributed by atoms with Gasteiger partial charge in [0.25, 0.3) is 0 Å². The molecule has 8 bridgehead atoms. The second kappa shape index (κ2) is 56.1. The molecule has 0 aliphatic carbocycles. The van der Waals surface area contributed by atoms with Crippen LogP contribution in [0.25, 0.3) is 89.7 Å². The third-order valence-corrected chi connectivity index (χ3v) is 27.8. The van der Waals surface area contributed by atoms with E-state index in [2.05, 4.69) is 151 Å². The average Bonchev–Trinajstić information content (AvgIpc) is 1.59. The van der Waals surface area contributed by atoms with E-state index >= 15 is 0 Å². The van der Waals surface area contributed by atoms with Crippen LogP contribution in [-0.4, -0.2) is 204 Å². The zero-order valence-electron chi connectivity index (χ0n) is 79.1. The van der Waals surface area contributed by atoms with Crippen LogP contribution in [0.2, 0.25) is 0 Å². The normalized spacial score (nSPS) is 12.4. The monoisotopic (exact) mass is 1860 g/mol. The maximum Gasteiger partial charge on any atom is 2.00 e. The molecule has 5 heterocycles. The smallest absolute Gasteiger partial charge is 0.744 e. The summed E-state index contributed by atoms with van der Waals surface area (Å²) in [5.41, 5.74) is -0.712. The van der Waals surface area contributed by atoms with Gasteiger partial charge in [-0.2, -0.15) is 0 Å². The summed E-state index contributed by atoms with van der Waals surface area (Å²) in [6, 6.07) is 12.9. The Hall–Kier alpha value is -5.79. The second-order valence-electron chi connectivity index (χ2n) is 34.7. The molecule has 3 aromatic heterocycles. The quantitative estimate of drug-likeness (QED) is 0.0194. The summed E-state index contributed by atoms with van der Waals surface area (Å²) in [5, 5.41) is 0.169. The van der Waals surface area contributed by atoms with Crippen molar-refractivity contribution in [3.63, 3.8) is 0 Å². The van der Waals surface area contributed by atoms with Gasteiger partial charge in [-0.25, -0.2) is 43.6 Å². The number of rotatable bonds is 52. The van der Waals surface area contributed by atoms with Crippen LogP contribution in [0, 0.1) is 0 Å². The summed E-state index contributed by atoms with van der Waals surface area (Å²) >= 11 is 0. The molecule has 0 spiro atoms. The number of benzene rings is 4. The van der Waals surface area contributed by atoms with E-state index < -0.39 is 60.1 Å². The summed E-state index contributed by atoms with van der Waals surface area (Å²) in [4.78, 5) is 33.1. The van der Waals surface area contributed by atoms with Crippen molar-refractivity contribution in [1.82, 2.24) is 39.9 Å². The molecule has 0 saturated carbocycles. The van der Waals surface area contributed by atoms with Crippen molar-refractivity contribution in [3.05, 3.63) is 72.8 Å². The fraction of sp³-hybridized carbons (Fsp3) is 0.667. The van der Waals surface area contributed by atoms with Gasteiger partial charge in [0.05, 0.1) is 148 Å². The number of fused-ring (bicyclic) bond motifs is 20. The Bertz CT molecular complexity index is 4730. The number of unbranched alkanes of at least 4 members (excludes halogenated alkanes) is 16. The van der Waals surface area contributed by atoms with Crippen LogP contribution in [0.1, 0.15) is 316 Å². The minimum Gasteiger partial charge on any atom is -0.744 e. The average molecular weight is 1860 g/mol. The van der Waals surface area contributed by atoms with E-state index in [-0.39, 0.29) is 106 Å². The van der Waals surface area contributed by atoms with Crippen LogP contribution in [0.3, 0.4) is 0 Å². The molecular formula is C96H156N12NiO12S4. The second-order valence-corrected chi connectivity index (χ2v) is 40.2. The molecule has 706 valence electrons. The summed E-state index contributed by atoms with van der Waals surface area (Å²) in [7, 11) is -20.1. The Morgan fingerprint density at radius 1 is 0.224 bits per heavy atom. The van der Waals surface area contributed by atoms with Gasteiger partial charge in [-0.3, -0.25) is 0 Å². The van der Waals surface area contributed by atoms with E-state index in [4.69, 9.17) is 0 Å².